The number of morpholine rings is 1. The average molecular weight is 439 g/mol. The predicted molar refractivity (Wildman–Crippen MR) is 111 cm³/mol. The SMILES string of the molecule is C=C(CCn1cc(-c2cnc(N)c(C(F)(F)F)c2)nc1C(O)C(C)C)N1CCOCC1. The summed E-state index contributed by atoms with van der Waals surface area (Å²) in [6.07, 6.45) is -1.97. The Morgan fingerprint density at radius 2 is 2.00 bits per heavy atom. The molecular weight excluding hydrogens is 411 g/mol. The number of aliphatic hydroxyl groups excluding tert-OH is 1. The number of nitrogen functional groups attached to an aromatic ring is 1. The Morgan fingerprint density at radius 1 is 1.32 bits per heavy atom. The molecule has 0 spiro atoms. The fourth-order valence-electron chi connectivity index (χ4n) is 3.41. The highest BCUT2D eigenvalue weighted by atomic mass is 19.4. The first-order valence-corrected chi connectivity index (χ1v) is 10.2. The first-order chi connectivity index (χ1) is 14.6. The molecule has 1 aliphatic heterocycles. The van der Waals surface area contributed by atoms with Gasteiger partial charge in [-0.1, -0.05) is 20.4 Å². The number of hydrogen-bond acceptors (Lipinski definition) is 6. The molecule has 170 valence electrons. The zero-order valence-electron chi connectivity index (χ0n) is 17.7. The Balaban J connectivity index is 1.88. The maximum absolute atomic E-state index is 13.2. The van der Waals surface area contributed by atoms with E-state index in [0.29, 0.717) is 37.7 Å². The van der Waals surface area contributed by atoms with Crippen LogP contribution in [0.1, 0.15) is 37.8 Å². The molecule has 7 nitrogen and oxygen atoms in total. The number of ether oxygens (including phenoxy) is 1. The largest absolute Gasteiger partial charge is 0.419 e. The number of allylic oxidation sites excluding steroid dienone is 1. The summed E-state index contributed by atoms with van der Waals surface area (Å²) in [5, 5.41) is 10.6. The van der Waals surface area contributed by atoms with Crippen molar-refractivity contribution in [1.29, 1.82) is 0 Å². The lowest BCUT2D eigenvalue weighted by molar-refractivity contribution is -0.137. The molecule has 3 rings (SSSR count). The molecule has 3 N–H and O–H groups in total. The number of hydrogen-bond donors (Lipinski definition) is 2. The highest BCUT2D eigenvalue weighted by molar-refractivity contribution is 5.62. The molecule has 1 atom stereocenters. The summed E-state index contributed by atoms with van der Waals surface area (Å²) < 4.78 is 46.9. The highest BCUT2D eigenvalue weighted by Gasteiger charge is 2.34. The first-order valence-electron chi connectivity index (χ1n) is 10.2. The van der Waals surface area contributed by atoms with Crippen LogP contribution >= 0.6 is 0 Å². The van der Waals surface area contributed by atoms with E-state index in [2.05, 4.69) is 21.4 Å². The van der Waals surface area contributed by atoms with Gasteiger partial charge in [0.15, 0.2) is 0 Å². The van der Waals surface area contributed by atoms with Gasteiger partial charge in [-0.2, -0.15) is 13.2 Å². The molecule has 2 aromatic rings. The number of halogens is 3. The second-order valence-electron chi connectivity index (χ2n) is 7.94. The van der Waals surface area contributed by atoms with Crippen LogP contribution < -0.4 is 5.73 Å². The van der Waals surface area contributed by atoms with Gasteiger partial charge in [-0.3, -0.25) is 0 Å². The minimum absolute atomic E-state index is 0.119. The second kappa shape index (κ2) is 9.27. The predicted octanol–water partition coefficient (Wildman–Crippen LogP) is 3.47. The molecule has 0 amide bonds. The van der Waals surface area contributed by atoms with E-state index in [4.69, 9.17) is 10.5 Å². The number of aryl methyl sites for hydroxylation is 1. The Bertz CT molecular complexity index is 920. The topological polar surface area (TPSA) is 89.4 Å². The van der Waals surface area contributed by atoms with Crippen molar-refractivity contribution in [3.05, 3.63) is 42.1 Å². The van der Waals surface area contributed by atoms with Gasteiger partial charge in [-0.15, -0.1) is 0 Å². The number of pyridine rings is 1. The molecular formula is C21H28F3N5O2. The van der Waals surface area contributed by atoms with Crippen molar-refractivity contribution in [2.24, 2.45) is 5.92 Å². The number of nitrogens with two attached hydrogens (primary N) is 1. The van der Waals surface area contributed by atoms with Crippen molar-refractivity contribution in [3.63, 3.8) is 0 Å². The van der Waals surface area contributed by atoms with E-state index in [0.717, 1.165) is 24.9 Å². The zero-order chi connectivity index (χ0) is 22.8. The van der Waals surface area contributed by atoms with Crippen molar-refractivity contribution in [1.82, 2.24) is 19.4 Å². The van der Waals surface area contributed by atoms with E-state index < -0.39 is 23.7 Å². The van der Waals surface area contributed by atoms with E-state index in [9.17, 15) is 18.3 Å². The molecule has 1 saturated heterocycles. The van der Waals surface area contributed by atoms with Crippen molar-refractivity contribution >= 4 is 5.82 Å². The smallest absolute Gasteiger partial charge is 0.385 e. The summed E-state index contributed by atoms with van der Waals surface area (Å²) in [5.74, 6) is -0.309. The lowest BCUT2D eigenvalue weighted by atomic mass is 10.1. The normalized spacial score (nSPS) is 16.0. The van der Waals surface area contributed by atoms with Gasteiger partial charge in [0.1, 0.15) is 17.7 Å². The van der Waals surface area contributed by atoms with Crippen LogP contribution in [-0.2, 0) is 17.5 Å². The van der Waals surface area contributed by atoms with Crippen LogP contribution in [0.5, 0.6) is 0 Å². The molecule has 1 aliphatic rings. The molecule has 0 aliphatic carbocycles. The van der Waals surface area contributed by atoms with E-state index in [1.165, 1.54) is 6.20 Å². The second-order valence-corrected chi connectivity index (χ2v) is 7.94. The number of nitrogens with zero attached hydrogens (tertiary/aromatic N) is 4. The number of imidazole rings is 1. The van der Waals surface area contributed by atoms with Crippen molar-refractivity contribution in [2.75, 3.05) is 32.0 Å². The molecule has 31 heavy (non-hydrogen) atoms. The van der Waals surface area contributed by atoms with E-state index in [-0.39, 0.29) is 11.5 Å². The maximum Gasteiger partial charge on any atom is 0.419 e. The van der Waals surface area contributed by atoms with Crippen molar-refractivity contribution in [2.45, 2.75) is 39.1 Å². The summed E-state index contributed by atoms with van der Waals surface area (Å²) in [5.41, 5.74) is 5.82. The Hall–Kier alpha value is -2.59. The molecule has 0 aromatic carbocycles. The standard InChI is InChI=1S/C21H28F3N5O2/c1-13(2)18(30)20-27-17(15-10-16(21(22,23)24)19(25)26-11-15)12-29(20)5-4-14(3)28-6-8-31-9-7-28/h10-13,18,30H,3-9H2,1-2H3,(H2,25,26). The van der Waals surface area contributed by atoms with Gasteiger partial charge in [0.2, 0.25) is 0 Å². The van der Waals surface area contributed by atoms with Crippen LogP contribution in [0.15, 0.2) is 30.7 Å². The summed E-state index contributed by atoms with van der Waals surface area (Å²) in [7, 11) is 0. The third-order valence-corrected chi connectivity index (χ3v) is 5.32. The van der Waals surface area contributed by atoms with Crippen LogP contribution in [0.25, 0.3) is 11.3 Å². The minimum Gasteiger partial charge on any atom is -0.385 e. The van der Waals surface area contributed by atoms with E-state index in [1.54, 1.807) is 10.8 Å². The van der Waals surface area contributed by atoms with Gasteiger partial charge in [-0.05, 0) is 12.0 Å². The fraction of sp³-hybridized carbons (Fsp3) is 0.524. The molecule has 10 heteroatoms. The van der Waals surface area contributed by atoms with Gasteiger partial charge >= 0.3 is 6.18 Å². The number of alkyl halides is 3. The van der Waals surface area contributed by atoms with Crippen molar-refractivity contribution in [3.8, 4) is 11.3 Å². The van der Waals surface area contributed by atoms with Crippen LogP contribution in [-0.4, -0.2) is 50.8 Å². The molecule has 0 saturated carbocycles. The number of rotatable bonds is 7. The fourth-order valence-corrected chi connectivity index (χ4v) is 3.41. The van der Waals surface area contributed by atoms with Crippen LogP contribution in [0.3, 0.4) is 0 Å². The third-order valence-electron chi connectivity index (χ3n) is 5.32. The molecule has 1 fully saturated rings. The van der Waals surface area contributed by atoms with E-state index in [1.807, 2.05) is 13.8 Å². The molecule has 0 bridgehead atoms. The number of anilines is 1. The van der Waals surface area contributed by atoms with Gasteiger partial charge in [0.25, 0.3) is 0 Å². The van der Waals surface area contributed by atoms with Crippen molar-refractivity contribution < 1.29 is 23.0 Å². The van der Waals surface area contributed by atoms with Crippen LogP contribution in [0.4, 0.5) is 19.0 Å². The van der Waals surface area contributed by atoms with Gasteiger partial charge < -0.3 is 25.0 Å². The third kappa shape index (κ3) is 5.37. The summed E-state index contributed by atoms with van der Waals surface area (Å²) in [6, 6.07) is 0.938. The Labute approximate surface area is 179 Å². The molecule has 1 unspecified atom stereocenters. The number of aromatic nitrogens is 3. The summed E-state index contributed by atoms with van der Waals surface area (Å²) in [6.45, 7) is 11.2. The van der Waals surface area contributed by atoms with Gasteiger partial charge in [-0.25, -0.2) is 9.97 Å². The summed E-state index contributed by atoms with van der Waals surface area (Å²) in [4.78, 5) is 10.3. The van der Waals surface area contributed by atoms with Crippen LogP contribution in [0, 0.1) is 5.92 Å². The lowest BCUT2D eigenvalue weighted by Gasteiger charge is -2.30. The molecule has 0 radical (unpaired) electrons. The lowest BCUT2D eigenvalue weighted by Crippen LogP contribution is -2.35. The summed E-state index contributed by atoms with van der Waals surface area (Å²) >= 11 is 0. The Kier molecular flexibility index (Phi) is 6.90. The highest BCUT2D eigenvalue weighted by Crippen LogP contribution is 2.35. The Morgan fingerprint density at radius 3 is 2.61 bits per heavy atom. The monoisotopic (exact) mass is 439 g/mol. The first kappa shape index (κ1) is 23.1. The van der Waals surface area contributed by atoms with Gasteiger partial charge in [0.05, 0.1) is 24.5 Å². The quantitative estimate of drug-likeness (QED) is 0.687. The zero-order valence-corrected chi connectivity index (χ0v) is 17.7. The average Bonchev–Trinajstić information content (AvgIpc) is 3.15. The van der Waals surface area contributed by atoms with Crippen LogP contribution in [0.2, 0.25) is 0 Å². The van der Waals surface area contributed by atoms with E-state index >= 15 is 0 Å². The minimum atomic E-state index is -4.62. The molecule has 3 heterocycles. The number of aliphatic hydroxyl groups is 1. The van der Waals surface area contributed by atoms with Gasteiger partial charge in [0, 0.05) is 49.7 Å². The maximum atomic E-state index is 13.2. The molecule has 2 aromatic heterocycles.